The summed E-state index contributed by atoms with van der Waals surface area (Å²) in [5.41, 5.74) is -0.247. The number of aliphatic hydroxyl groups excluding tert-OH is 1. The summed E-state index contributed by atoms with van der Waals surface area (Å²) in [5, 5.41) is 9.90. The Bertz CT molecular complexity index is 743. The van der Waals surface area contributed by atoms with Gasteiger partial charge in [-0.25, -0.2) is 8.42 Å². The van der Waals surface area contributed by atoms with E-state index in [1.807, 2.05) is 6.92 Å². The number of hydrogen-bond donors (Lipinski definition) is 1. The van der Waals surface area contributed by atoms with E-state index < -0.39 is 32.3 Å². The van der Waals surface area contributed by atoms with Crippen molar-refractivity contribution >= 4 is 38.9 Å². The van der Waals surface area contributed by atoms with Gasteiger partial charge in [-0.3, -0.25) is 4.79 Å². The number of sulfone groups is 1. The minimum atomic E-state index is -3.29. The van der Waals surface area contributed by atoms with Gasteiger partial charge in [-0.15, -0.1) is 12.8 Å². The van der Waals surface area contributed by atoms with E-state index >= 15 is 0 Å². The average molecular weight is 452 g/mol. The molecule has 0 aromatic heterocycles. The Morgan fingerprint density at radius 3 is 2.11 bits per heavy atom. The Kier molecular flexibility index (Phi) is 11.1. The van der Waals surface area contributed by atoms with Gasteiger partial charge in [-0.1, -0.05) is 42.3 Å². The first-order chi connectivity index (χ1) is 13.0. The van der Waals surface area contributed by atoms with Crippen LogP contribution in [0.25, 0.3) is 0 Å². The van der Waals surface area contributed by atoms with Crippen LogP contribution in [0.5, 0.6) is 0 Å². The molecule has 1 unspecified atom stereocenters. The number of carbonyl (C=O) groups is 1. The van der Waals surface area contributed by atoms with Gasteiger partial charge in [0.15, 0.2) is 14.7 Å². The molecule has 0 saturated heterocycles. The number of methoxy groups -OCH3 is 1. The summed E-state index contributed by atoms with van der Waals surface area (Å²) in [6.07, 6.45) is 9.87. The number of hydrogen-bond acceptors (Lipinski definition) is 5. The lowest BCUT2D eigenvalue weighted by Crippen LogP contribution is -2.59. The van der Waals surface area contributed by atoms with Gasteiger partial charge in [-0.05, 0) is 37.5 Å². The largest absolute Gasteiger partial charge is 0.394 e. The molecule has 0 fully saturated rings. The van der Waals surface area contributed by atoms with Gasteiger partial charge in [0, 0.05) is 13.4 Å². The van der Waals surface area contributed by atoms with Crippen LogP contribution in [0.15, 0.2) is 29.2 Å². The molecule has 158 valence electrons. The monoisotopic (exact) mass is 451 g/mol. The molecule has 0 spiro atoms. The summed E-state index contributed by atoms with van der Waals surface area (Å²) in [6, 6.07) is 5.64. The van der Waals surface area contributed by atoms with Gasteiger partial charge < -0.3 is 14.7 Å². The van der Waals surface area contributed by atoms with Crippen LogP contribution in [0.1, 0.15) is 25.8 Å². The van der Waals surface area contributed by atoms with Crippen LogP contribution in [0.2, 0.25) is 0 Å². The number of carbonyl (C=O) groups excluding carboxylic acids is 1. The van der Waals surface area contributed by atoms with Gasteiger partial charge in [-0.2, -0.15) is 0 Å². The Morgan fingerprint density at radius 2 is 1.79 bits per heavy atom. The van der Waals surface area contributed by atoms with Crippen molar-refractivity contribution in [1.82, 2.24) is 4.90 Å². The smallest absolute Gasteiger partial charge is 0.258 e. The fraction of sp³-hybridized carbons (Fsp3) is 0.526. The zero-order chi connectivity index (χ0) is 22.1. The number of nitrogens with zero attached hydrogens (tertiary/aromatic N) is 1. The highest BCUT2D eigenvalue weighted by Crippen LogP contribution is 2.27. The summed E-state index contributed by atoms with van der Waals surface area (Å²) in [7, 11) is -1.83. The number of benzene rings is 1. The highest BCUT2D eigenvalue weighted by atomic mass is 35.5. The molecule has 28 heavy (non-hydrogen) atoms. The Morgan fingerprint density at radius 1 is 1.29 bits per heavy atom. The molecule has 0 aliphatic carbocycles. The molecule has 9 heteroatoms. The van der Waals surface area contributed by atoms with E-state index in [-0.39, 0.29) is 17.9 Å². The van der Waals surface area contributed by atoms with Crippen molar-refractivity contribution in [2.24, 2.45) is 0 Å². The van der Waals surface area contributed by atoms with E-state index in [9.17, 15) is 18.3 Å². The molecule has 6 nitrogen and oxygen atoms in total. The summed E-state index contributed by atoms with van der Waals surface area (Å²) in [6.45, 7) is 3.23. The molecule has 1 aromatic rings. The van der Waals surface area contributed by atoms with Gasteiger partial charge in [0.05, 0.1) is 17.5 Å². The normalized spacial score (nSPS) is 14.5. The predicted octanol–water partition coefficient (Wildman–Crippen LogP) is 2.65. The Balaban J connectivity index is 0.00000352. The van der Waals surface area contributed by atoms with Crippen LogP contribution in [0.4, 0.5) is 0 Å². The Labute approximate surface area is 177 Å². The second kappa shape index (κ2) is 11.6. The quantitative estimate of drug-likeness (QED) is 0.354. The van der Waals surface area contributed by atoms with Crippen molar-refractivity contribution in [2.75, 3.05) is 20.0 Å². The molecule has 0 aliphatic heterocycles. The minimum Gasteiger partial charge on any atom is -0.394 e. The van der Waals surface area contributed by atoms with Crippen LogP contribution in [0.3, 0.4) is 0 Å². The molecule has 0 bridgehead atoms. The standard InChI is InChI=1S/C17H25Cl2NO5S.C2H2/c1-5-17(2,25-3)20(16(22)15(18)19)13(11-21)10-12-6-8-14(9-7-12)26(4,23)24;1-2/h6-9,13,15,21H,5,10-11H2,1-4H3;1-2H/t13-,17?;/m0./s1. The summed E-state index contributed by atoms with van der Waals surface area (Å²) < 4.78 is 28.6. The van der Waals surface area contributed by atoms with Crippen LogP contribution in [0, 0.1) is 12.8 Å². The van der Waals surface area contributed by atoms with E-state index in [0.717, 1.165) is 11.8 Å². The number of ether oxygens (including phenoxy) is 1. The van der Waals surface area contributed by atoms with Crippen molar-refractivity contribution < 1.29 is 23.1 Å². The number of alkyl halides is 2. The van der Waals surface area contributed by atoms with Crippen molar-refractivity contribution in [3.05, 3.63) is 29.8 Å². The second-order valence-corrected chi connectivity index (χ2v) is 9.31. The molecule has 2 atom stereocenters. The molecule has 1 rings (SSSR count). The van der Waals surface area contributed by atoms with E-state index in [4.69, 9.17) is 27.9 Å². The Hall–Kier alpha value is -1.30. The highest BCUT2D eigenvalue weighted by molar-refractivity contribution is 7.90. The number of terminal acetylenes is 1. The van der Waals surface area contributed by atoms with Gasteiger partial charge in [0.1, 0.15) is 5.72 Å². The molecule has 0 heterocycles. The SMILES string of the molecule is C#C.CCC(C)(OC)N(C(=O)C(Cl)Cl)[C@H](CO)Cc1ccc(S(C)(=O)=O)cc1. The van der Waals surface area contributed by atoms with E-state index in [1.54, 1.807) is 19.1 Å². The molecular weight excluding hydrogens is 425 g/mol. The molecular formula is C19H27Cl2NO5S. The highest BCUT2D eigenvalue weighted by Gasteiger charge is 2.40. The van der Waals surface area contributed by atoms with E-state index in [2.05, 4.69) is 12.8 Å². The lowest BCUT2D eigenvalue weighted by Gasteiger charge is -2.44. The van der Waals surface area contributed by atoms with Crippen molar-refractivity contribution in [3.8, 4) is 12.8 Å². The van der Waals surface area contributed by atoms with Gasteiger partial charge >= 0.3 is 0 Å². The third kappa shape index (κ3) is 6.94. The first kappa shape index (κ1) is 26.7. The number of rotatable bonds is 9. The van der Waals surface area contributed by atoms with Crippen LogP contribution < -0.4 is 0 Å². The first-order valence-electron chi connectivity index (χ1n) is 8.39. The summed E-state index contributed by atoms with van der Waals surface area (Å²) >= 11 is 11.6. The second-order valence-electron chi connectivity index (χ2n) is 6.20. The maximum atomic E-state index is 12.6. The van der Waals surface area contributed by atoms with Crippen LogP contribution in [-0.2, 0) is 25.8 Å². The maximum Gasteiger partial charge on any atom is 0.258 e. The summed E-state index contributed by atoms with van der Waals surface area (Å²) in [5.74, 6) is -0.564. The van der Waals surface area contributed by atoms with E-state index in [1.165, 1.54) is 24.1 Å². The van der Waals surface area contributed by atoms with Crippen molar-refractivity contribution in [2.45, 2.75) is 48.2 Å². The fourth-order valence-electron chi connectivity index (χ4n) is 2.70. The minimum absolute atomic E-state index is 0.201. The number of halogens is 2. The molecule has 1 amide bonds. The number of aliphatic hydroxyl groups is 1. The number of amides is 1. The van der Waals surface area contributed by atoms with E-state index in [0.29, 0.717) is 6.42 Å². The van der Waals surface area contributed by atoms with Crippen molar-refractivity contribution in [1.29, 1.82) is 0 Å². The lowest BCUT2D eigenvalue weighted by molar-refractivity contribution is -0.174. The molecule has 0 saturated carbocycles. The molecule has 0 aliphatic rings. The van der Waals surface area contributed by atoms with Crippen LogP contribution in [-0.4, -0.2) is 60.9 Å². The maximum absolute atomic E-state index is 12.6. The van der Waals surface area contributed by atoms with Crippen LogP contribution >= 0.6 is 23.2 Å². The zero-order valence-electron chi connectivity index (χ0n) is 16.4. The first-order valence-corrected chi connectivity index (χ1v) is 11.2. The predicted molar refractivity (Wildman–Crippen MR) is 112 cm³/mol. The van der Waals surface area contributed by atoms with Gasteiger partial charge in [0.2, 0.25) is 0 Å². The molecule has 1 aromatic carbocycles. The average Bonchev–Trinajstić information content (AvgIpc) is 2.68. The van der Waals surface area contributed by atoms with Crippen molar-refractivity contribution in [3.63, 3.8) is 0 Å². The lowest BCUT2D eigenvalue weighted by atomic mass is 10.0. The molecule has 0 radical (unpaired) electrons. The van der Waals surface area contributed by atoms with Gasteiger partial charge in [0.25, 0.3) is 5.91 Å². The third-order valence-electron chi connectivity index (χ3n) is 4.43. The fourth-order valence-corrected chi connectivity index (χ4v) is 3.54. The summed E-state index contributed by atoms with van der Waals surface area (Å²) in [4.78, 5) is 12.8. The topological polar surface area (TPSA) is 83.9 Å². The third-order valence-corrected chi connectivity index (χ3v) is 5.93. The zero-order valence-corrected chi connectivity index (χ0v) is 18.8. The molecule has 1 N–H and O–H groups in total.